The van der Waals surface area contributed by atoms with Gasteiger partial charge >= 0.3 is 5.97 Å². The monoisotopic (exact) mass is 273 g/mol. The molecule has 0 aliphatic heterocycles. The Hall–Kier alpha value is -1.62. The van der Waals surface area contributed by atoms with Crippen molar-refractivity contribution in [3.05, 3.63) is 29.0 Å². The second-order valence-electron chi connectivity index (χ2n) is 3.48. The van der Waals surface area contributed by atoms with Gasteiger partial charge in [-0.05, 0) is 25.1 Å². The molecule has 0 atom stereocenters. The molecular weight excluding hydrogens is 261 g/mol. The van der Waals surface area contributed by atoms with Crippen LogP contribution in [0.5, 0.6) is 0 Å². The number of hydrogen-bond donors (Lipinski definition) is 1. The van der Waals surface area contributed by atoms with Crippen LogP contribution in [0.25, 0.3) is 0 Å². The van der Waals surface area contributed by atoms with Crippen molar-refractivity contribution >= 4 is 29.2 Å². The fourth-order valence-corrected chi connectivity index (χ4v) is 1.43. The van der Waals surface area contributed by atoms with E-state index in [0.717, 1.165) is 6.07 Å². The van der Waals surface area contributed by atoms with Crippen LogP contribution in [-0.4, -0.2) is 18.5 Å². The summed E-state index contributed by atoms with van der Waals surface area (Å²) in [6.07, 6.45) is 0.0163. The van der Waals surface area contributed by atoms with Crippen molar-refractivity contribution in [3.63, 3.8) is 0 Å². The van der Waals surface area contributed by atoms with Gasteiger partial charge in [0.2, 0.25) is 5.91 Å². The van der Waals surface area contributed by atoms with E-state index in [-0.39, 0.29) is 30.4 Å². The topological polar surface area (TPSA) is 55.4 Å². The molecule has 4 nitrogen and oxygen atoms in total. The molecule has 0 aliphatic carbocycles. The van der Waals surface area contributed by atoms with Gasteiger partial charge in [-0.1, -0.05) is 11.6 Å². The minimum atomic E-state index is -0.554. The SMILES string of the molecule is CCOC(=O)CCC(=O)Nc1ccc(F)c(Cl)c1. The zero-order valence-corrected chi connectivity index (χ0v) is 10.6. The highest BCUT2D eigenvalue weighted by molar-refractivity contribution is 6.31. The fourth-order valence-electron chi connectivity index (χ4n) is 1.25. The third-order valence-electron chi connectivity index (χ3n) is 2.06. The van der Waals surface area contributed by atoms with Gasteiger partial charge in [0.25, 0.3) is 0 Å². The number of carbonyl (C=O) groups is 2. The Balaban J connectivity index is 2.44. The first-order valence-corrected chi connectivity index (χ1v) is 5.81. The summed E-state index contributed by atoms with van der Waals surface area (Å²) in [7, 11) is 0. The van der Waals surface area contributed by atoms with E-state index in [1.54, 1.807) is 6.92 Å². The zero-order chi connectivity index (χ0) is 13.5. The highest BCUT2D eigenvalue weighted by Crippen LogP contribution is 2.19. The van der Waals surface area contributed by atoms with Gasteiger partial charge in [0, 0.05) is 12.1 Å². The van der Waals surface area contributed by atoms with Crippen LogP contribution in [0.2, 0.25) is 5.02 Å². The third-order valence-corrected chi connectivity index (χ3v) is 2.35. The molecule has 1 aromatic rings. The first-order chi connectivity index (χ1) is 8.52. The second kappa shape index (κ2) is 6.96. The van der Waals surface area contributed by atoms with Crippen molar-refractivity contribution in [2.45, 2.75) is 19.8 Å². The van der Waals surface area contributed by atoms with Crippen molar-refractivity contribution in [1.29, 1.82) is 0 Å². The molecular formula is C12H13ClFNO3. The molecule has 0 aromatic heterocycles. The molecule has 0 aliphatic rings. The fraction of sp³-hybridized carbons (Fsp3) is 0.333. The molecule has 6 heteroatoms. The van der Waals surface area contributed by atoms with E-state index >= 15 is 0 Å². The van der Waals surface area contributed by atoms with Crippen LogP contribution >= 0.6 is 11.6 Å². The Morgan fingerprint density at radius 3 is 2.72 bits per heavy atom. The number of carbonyl (C=O) groups excluding carboxylic acids is 2. The van der Waals surface area contributed by atoms with Crippen molar-refractivity contribution in [3.8, 4) is 0 Å². The lowest BCUT2D eigenvalue weighted by Gasteiger charge is -2.05. The number of anilines is 1. The predicted molar refractivity (Wildman–Crippen MR) is 65.9 cm³/mol. The van der Waals surface area contributed by atoms with Gasteiger partial charge in [-0.25, -0.2) is 4.39 Å². The maximum absolute atomic E-state index is 12.9. The van der Waals surface area contributed by atoms with E-state index in [1.807, 2.05) is 0 Å². The summed E-state index contributed by atoms with van der Waals surface area (Å²) < 4.78 is 17.6. The van der Waals surface area contributed by atoms with Gasteiger partial charge in [0.05, 0.1) is 18.1 Å². The molecule has 0 bridgehead atoms. The molecule has 98 valence electrons. The molecule has 1 N–H and O–H groups in total. The first kappa shape index (κ1) is 14.4. The molecule has 1 amide bonds. The van der Waals surface area contributed by atoms with Gasteiger partial charge in [-0.3, -0.25) is 9.59 Å². The van der Waals surface area contributed by atoms with Gasteiger partial charge in [0.1, 0.15) is 5.82 Å². The smallest absolute Gasteiger partial charge is 0.306 e. The molecule has 1 aromatic carbocycles. The molecule has 0 fully saturated rings. The van der Waals surface area contributed by atoms with Crippen molar-refractivity contribution < 1.29 is 18.7 Å². The van der Waals surface area contributed by atoms with Crippen LogP contribution in [0.15, 0.2) is 18.2 Å². The van der Waals surface area contributed by atoms with E-state index in [9.17, 15) is 14.0 Å². The van der Waals surface area contributed by atoms with Crippen molar-refractivity contribution in [2.75, 3.05) is 11.9 Å². The molecule has 0 unspecified atom stereocenters. The van der Waals surface area contributed by atoms with E-state index < -0.39 is 11.8 Å². The third kappa shape index (κ3) is 4.71. The summed E-state index contributed by atoms with van der Waals surface area (Å²) in [5, 5.41) is 2.44. The lowest BCUT2D eigenvalue weighted by molar-refractivity contribution is -0.144. The molecule has 18 heavy (non-hydrogen) atoms. The van der Waals surface area contributed by atoms with E-state index in [4.69, 9.17) is 11.6 Å². The van der Waals surface area contributed by atoms with Gasteiger partial charge < -0.3 is 10.1 Å². The predicted octanol–water partition coefficient (Wildman–Crippen LogP) is 2.76. The number of halogens is 2. The van der Waals surface area contributed by atoms with E-state index in [2.05, 4.69) is 10.1 Å². The van der Waals surface area contributed by atoms with Crippen LogP contribution in [0.4, 0.5) is 10.1 Å². The lowest BCUT2D eigenvalue weighted by Crippen LogP contribution is -2.14. The maximum atomic E-state index is 12.9. The summed E-state index contributed by atoms with van der Waals surface area (Å²) in [4.78, 5) is 22.5. The Morgan fingerprint density at radius 1 is 1.39 bits per heavy atom. The van der Waals surface area contributed by atoms with Crippen molar-refractivity contribution in [2.24, 2.45) is 0 Å². The minimum Gasteiger partial charge on any atom is -0.466 e. The standard InChI is InChI=1S/C12H13ClFNO3/c1-2-18-12(17)6-5-11(16)15-8-3-4-10(14)9(13)7-8/h3-4,7H,2,5-6H2,1H3,(H,15,16). The van der Waals surface area contributed by atoms with Gasteiger partial charge in [0.15, 0.2) is 0 Å². The van der Waals surface area contributed by atoms with Crippen LogP contribution in [-0.2, 0) is 14.3 Å². The summed E-state index contributed by atoms with van der Waals surface area (Å²) >= 11 is 5.57. The highest BCUT2D eigenvalue weighted by Gasteiger charge is 2.08. The molecule has 0 saturated carbocycles. The summed E-state index contributed by atoms with van der Waals surface area (Å²) in [6, 6.07) is 3.85. The van der Waals surface area contributed by atoms with Crippen LogP contribution in [0, 0.1) is 5.82 Å². The van der Waals surface area contributed by atoms with E-state index in [1.165, 1.54) is 12.1 Å². The van der Waals surface area contributed by atoms with Crippen LogP contribution in [0.3, 0.4) is 0 Å². The number of hydrogen-bond acceptors (Lipinski definition) is 3. The number of rotatable bonds is 5. The molecule has 0 radical (unpaired) electrons. The maximum Gasteiger partial charge on any atom is 0.306 e. The van der Waals surface area contributed by atoms with Gasteiger partial charge in [-0.2, -0.15) is 0 Å². The largest absolute Gasteiger partial charge is 0.466 e. The molecule has 1 rings (SSSR count). The highest BCUT2D eigenvalue weighted by atomic mass is 35.5. The molecule has 0 heterocycles. The van der Waals surface area contributed by atoms with Gasteiger partial charge in [-0.15, -0.1) is 0 Å². The second-order valence-corrected chi connectivity index (χ2v) is 3.89. The van der Waals surface area contributed by atoms with Crippen LogP contribution in [0.1, 0.15) is 19.8 Å². The Morgan fingerprint density at radius 2 is 2.11 bits per heavy atom. The summed E-state index contributed by atoms with van der Waals surface area (Å²) in [5.74, 6) is -1.34. The summed E-state index contributed by atoms with van der Waals surface area (Å²) in [6.45, 7) is 1.98. The molecule has 0 spiro atoms. The summed E-state index contributed by atoms with van der Waals surface area (Å²) in [5.41, 5.74) is 0.384. The quantitative estimate of drug-likeness (QED) is 0.839. The average molecular weight is 274 g/mol. The minimum absolute atomic E-state index is 0.00777. The average Bonchev–Trinajstić information content (AvgIpc) is 2.32. The Labute approximate surface area is 109 Å². The number of amides is 1. The van der Waals surface area contributed by atoms with E-state index in [0.29, 0.717) is 5.69 Å². The Kier molecular flexibility index (Phi) is 5.58. The number of benzene rings is 1. The normalized spacial score (nSPS) is 9.94. The molecule has 0 saturated heterocycles. The zero-order valence-electron chi connectivity index (χ0n) is 9.83. The first-order valence-electron chi connectivity index (χ1n) is 5.43. The lowest BCUT2D eigenvalue weighted by atomic mass is 10.2. The Bertz CT molecular complexity index is 451. The number of nitrogens with one attached hydrogen (secondary N) is 1. The number of ether oxygens (including phenoxy) is 1. The van der Waals surface area contributed by atoms with Crippen LogP contribution < -0.4 is 5.32 Å². The van der Waals surface area contributed by atoms with Crippen molar-refractivity contribution in [1.82, 2.24) is 0 Å². The number of esters is 1.